The molecular weight excluding hydrogens is 498 g/mol. The summed E-state index contributed by atoms with van der Waals surface area (Å²) in [7, 11) is 0. The molecule has 39 heavy (non-hydrogen) atoms. The maximum absolute atomic E-state index is 13.0. The molecule has 10 heteroatoms. The first kappa shape index (κ1) is 30.2. The van der Waals surface area contributed by atoms with Gasteiger partial charge in [0.15, 0.2) is 0 Å². The van der Waals surface area contributed by atoms with Gasteiger partial charge in [0, 0.05) is 11.9 Å². The number of nitrogens with one attached hydrogen (secondary N) is 2. The van der Waals surface area contributed by atoms with Crippen molar-refractivity contribution in [2.45, 2.75) is 84.2 Å². The fourth-order valence-electron chi connectivity index (χ4n) is 4.22. The maximum atomic E-state index is 13.0. The van der Waals surface area contributed by atoms with Crippen LogP contribution in [0.25, 0.3) is 17.0 Å². The Hall–Kier alpha value is -3.34. The van der Waals surface area contributed by atoms with E-state index >= 15 is 0 Å². The van der Waals surface area contributed by atoms with Gasteiger partial charge in [-0.1, -0.05) is 44.2 Å². The van der Waals surface area contributed by atoms with Crippen LogP contribution in [0.3, 0.4) is 0 Å². The number of aromatic nitrogens is 1. The predicted molar refractivity (Wildman–Crippen MR) is 150 cm³/mol. The van der Waals surface area contributed by atoms with Crippen LogP contribution >= 0.6 is 0 Å². The Kier molecular flexibility index (Phi) is 10.6. The molecule has 1 aliphatic rings. The monoisotopic (exact) mass is 539 g/mol. The molecule has 1 aromatic heterocycles. The number of ether oxygens (including phenoxy) is 1. The first-order valence-electron chi connectivity index (χ1n) is 13.6. The van der Waals surface area contributed by atoms with E-state index in [9.17, 15) is 19.5 Å². The summed E-state index contributed by atoms with van der Waals surface area (Å²) in [4.78, 5) is 42.9. The van der Waals surface area contributed by atoms with Gasteiger partial charge >= 0.3 is 5.97 Å². The van der Waals surface area contributed by atoms with Crippen molar-refractivity contribution < 1.29 is 24.2 Å². The van der Waals surface area contributed by atoms with Crippen molar-refractivity contribution in [1.29, 1.82) is 0 Å². The number of fused-ring (bicyclic) bond motifs is 1. The molecule has 1 fully saturated rings. The van der Waals surface area contributed by atoms with E-state index in [1.165, 1.54) is 5.01 Å². The van der Waals surface area contributed by atoms with E-state index in [0.717, 1.165) is 16.5 Å². The van der Waals surface area contributed by atoms with Gasteiger partial charge in [-0.15, -0.1) is 0 Å². The minimum Gasteiger partial charge on any atom is -0.455 e. The molecule has 5 N–H and O–H groups in total. The first-order valence-corrected chi connectivity index (χ1v) is 13.6. The van der Waals surface area contributed by atoms with Gasteiger partial charge in [-0.2, -0.15) is 0 Å². The van der Waals surface area contributed by atoms with Crippen molar-refractivity contribution in [2.75, 3.05) is 6.54 Å². The van der Waals surface area contributed by atoms with Crippen molar-refractivity contribution in [3.8, 4) is 0 Å². The lowest BCUT2D eigenvalue weighted by Crippen LogP contribution is -2.60. The Morgan fingerprint density at radius 2 is 1.92 bits per heavy atom. The van der Waals surface area contributed by atoms with E-state index in [0.29, 0.717) is 31.5 Å². The summed E-state index contributed by atoms with van der Waals surface area (Å²) in [5, 5.41) is 14.4. The van der Waals surface area contributed by atoms with Crippen LogP contribution < -0.4 is 16.5 Å². The van der Waals surface area contributed by atoms with Crippen LogP contribution in [-0.2, 0) is 19.1 Å². The summed E-state index contributed by atoms with van der Waals surface area (Å²) in [6.45, 7) is 9.19. The molecule has 0 bridgehead atoms. The Morgan fingerprint density at radius 1 is 1.21 bits per heavy atom. The molecule has 2 aromatic rings. The number of aliphatic hydroxyl groups excluding tert-OH is 1. The molecule has 2 amide bonds. The summed E-state index contributed by atoms with van der Waals surface area (Å²) in [5.74, 6) is -1.27. The number of esters is 1. The molecule has 2 heterocycles. The Labute approximate surface area is 229 Å². The topological polar surface area (TPSA) is 147 Å². The SMILES string of the molecule is CC(C)[C@H](N)C(=O)N[C@@H](C)C(=O)N1CCC[C@@H](C(=O)O[C@H](C)c2ccc3ccc(/C=C/C[C@H](C)O)cc3n2)N1. The van der Waals surface area contributed by atoms with E-state index in [1.54, 1.807) is 20.8 Å². The normalized spacial score (nSPS) is 19.1. The number of carbonyl (C=O) groups excluding carboxylic acids is 3. The fraction of sp³-hybridized carbons (Fsp3) is 0.517. The number of aliphatic hydroxyl groups is 1. The second-order valence-electron chi connectivity index (χ2n) is 10.6. The molecule has 10 nitrogen and oxygen atoms in total. The summed E-state index contributed by atoms with van der Waals surface area (Å²) >= 11 is 0. The number of rotatable bonds is 10. The van der Waals surface area contributed by atoms with Gasteiger partial charge < -0.3 is 20.9 Å². The fourth-order valence-corrected chi connectivity index (χ4v) is 4.22. The zero-order valence-corrected chi connectivity index (χ0v) is 23.4. The van der Waals surface area contributed by atoms with E-state index in [-0.39, 0.29) is 11.8 Å². The minimum absolute atomic E-state index is 0.0571. The molecule has 0 unspecified atom stereocenters. The predicted octanol–water partition coefficient (Wildman–Crippen LogP) is 2.61. The van der Waals surface area contributed by atoms with Gasteiger partial charge in [-0.25, -0.2) is 10.4 Å². The van der Waals surface area contributed by atoms with Gasteiger partial charge in [-0.3, -0.25) is 19.4 Å². The molecule has 5 atom stereocenters. The number of hydrogen-bond acceptors (Lipinski definition) is 8. The number of amides is 2. The van der Waals surface area contributed by atoms with E-state index in [4.69, 9.17) is 15.5 Å². The average Bonchev–Trinajstić information content (AvgIpc) is 2.91. The largest absolute Gasteiger partial charge is 0.455 e. The second kappa shape index (κ2) is 13.6. The first-order chi connectivity index (χ1) is 18.5. The average molecular weight is 540 g/mol. The molecule has 1 saturated heterocycles. The highest BCUT2D eigenvalue weighted by atomic mass is 16.5. The van der Waals surface area contributed by atoms with Crippen LogP contribution in [0.4, 0.5) is 0 Å². The molecular formula is C29H41N5O5. The molecule has 1 aliphatic heterocycles. The van der Waals surface area contributed by atoms with Crippen LogP contribution in [0.1, 0.15) is 71.2 Å². The molecule has 0 saturated carbocycles. The maximum Gasteiger partial charge on any atom is 0.325 e. The third kappa shape index (κ3) is 8.32. The van der Waals surface area contributed by atoms with E-state index in [1.807, 2.05) is 56.3 Å². The molecule has 212 valence electrons. The lowest BCUT2D eigenvalue weighted by molar-refractivity contribution is -0.157. The van der Waals surface area contributed by atoms with Gasteiger partial charge in [0.25, 0.3) is 5.91 Å². The van der Waals surface area contributed by atoms with Crippen LogP contribution in [0.15, 0.2) is 36.4 Å². The number of carbonyl (C=O) groups is 3. The van der Waals surface area contributed by atoms with Crippen LogP contribution in [0.2, 0.25) is 0 Å². The molecule has 0 radical (unpaired) electrons. The number of hydrogen-bond donors (Lipinski definition) is 4. The highest BCUT2D eigenvalue weighted by Gasteiger charge is 2.33. The highest BCUT2D eigenvalue weighted by Crippen LogP contribution is 2.22. The molecule has 3 rings (SSSR count). The zero-order valence-electron chi connectivity index (χ0n) is 23.4. The van der Waals surface area contributed by atoms with Crippen molar-refractivity contribution in [3.05, 3.63) is 47.7 Å². The number of nitrogens with two attached hydrogens (primary N) is 1. The number of pyridine rings is 1. The summed E-state index contributed by atoms with van der Waals surface area (Å²) in [5.41, 5.74) is 11.2. The summed E-state index contributed by atoms with van der Waals surface area (Å²) < 4.78 is 5.73. The van der Waals surface area contributed by atoms with Gasteiger partial charge in [0.2, 0.25) is 5.91 Å². The third-order valence-electron chi connectivity index (χ3n) is 6.72. The summed E-state index contributed by atoms with van der Waals surface area (Å²) in [6, 6.07) is 7.48. The molecule has 0 aliphatic carbocycles. The Balaban J connectivity index is 1.61. The van der Waals surface area contributed by atoms with Crippen molar-refractivity contribution in [2.24, 2.45) is 11.7 Å². The third-order valence-corrected chi connectivity index (χ3v) is 6.72. The van der Waals surface area contributed by atoms with Gasteiger partial charge in [0.05, 0.1) is 23.4 Å². The second-order valence-corrected chi connectivity index (χ2v) is 10.6. The van der Waals surface area contributed by atoms with E-state index < -0.39 is 42.2 Å². The van der Waals surface area contributed by atoms with Gasteiger partial charge in [0.1, 0.15) is 18.2 Å². The minimum atomic E-state index is -0.794. The Bertz CT molecular complexity index is 1200. The van der Waals surface area contributed by atoms with Crippen LogP contribution in [0, 0.1) is 5.92 Å². The van der Waals surface area contributed by atoms with Crippen molar-refractivity contribution in [1.82, 2.24) is 20.7 Å². The standard InChI is InChI=1S/C29H41N5O5/c1-17(2)26(30)27(36)31-19(4)28(37)34-15-7-10-24(33-34)29(38)39-20(5)23-14-13-22-12-11-21(16-25(22)32-23)9-6-8-18(3)35/h6,9,11-14,16-20,24,26,33,35H,7-8,10,15,30H2,1-5H3,(H,31,36)/b9-6+/t18-,19-,20+,24-,26-/m0/s1. The highest BCUT2D eigenvalue weighted by molar-refractivity contribution is 5.89. The lowest BCUT2D eigenvalue weighted by Gasteiger charge is -2.34. The lowest BCUT2D eigenvalue weighted by atomic mass is 10.0. The number of nitrogens with zero attached hydrogens (tertiary/aromatic N) is 2. The zero-order chi connectivity index (χ0) is 28.7. The number of hydrazine groups is 1. The Morgan fingerprint density at radius 3 is 2.62 bits per heavy atom. The molecule has 1 aromatic carbocycles. The number of benzene rings is 1. The van der Waals surface area contributed by atoms with Crippen molar-refractivity contribution >= 4 is 34.8 Å². The quantitative estimate of drug-likeness (QED) is 0.337. The van der Waals surface area contributed by atoms with Crippen LogP contribution in [-0.4, -0.2) is 63.7 Å². The smallest absolute Gasteiger partial charge is 0.325 e. The molecule has 0 spiro atoms. The van der Waals surface area contributed by atoms with Gasteiger partial charge in [-0.05, 0) is 63.6 Å². The van der Waals surface area contributed by atoms with Crippen LogP contribution in [0.5, 0.6) is 0 Å². The van der Waals surface area contributed by atoms with E-state index in [2.05, 4.69) is 10.7 Å². The summed E-state index contributed by atoms with van der Waals surface area (Å²) in [6.07, 6.45) is 4.55. The van der Waals surface area contributed by atoms with Crippen molar-refractivity contribution in [3.63, 3.8) is 0 Å².